The highest BCUT2D eigenvalue weighted by Gasteiger charge is 2.28. The minimum atomic E-state index is -0.0212. The van der Waals surface area contributed by atoms with Crippen LogP contribution in [-0.4, -0.2) is 48.5 Å². The first-order valence-electron chi connectivity index (χ1n) is 10.2. The van der Waals surface area contributed by atoms with E-state index >= 15 is 0 Å². The number of carbonyl (C=O) groups excluding carboxylic acids is 1. The number of likely N-dealkylation sites (tertiary alicyclic amines) is 1. The number of carbonyl (C=O) groups is 1. The fourth-order valence-electron chi connectivity index (χ4n) is 3.98. The first-order valence-corrected chi connectivity index (χ1v) is 10.2. The third kappa shape index (κ3) is 3.54. The van der Waals surface area contributed by atoms with Crippen LogP contribution in [0.1, 0.15) is 40.8 Å². The van der Waals surface area contributed by atoms with Gasteiger partial charge in [-0.25, -0.2) is 14.5 Å². The summed E-state index contributed by atoms with van der Waals surface area (Å²) in [5.41, 5.74) is 4.31. The summed E-state index contributed by atoms with van der Waals surface area (Å²) in [7, 11) is 0. The molecular formula is C23H22N6O. The highest BCUT2D eigenvalue weighted by atomic mass is 16.2. The molecule has 4 aromatic heterocycles. The molecule has 1 saturated heterocycles. The van der Waals surface area contributed by atoms with Crippen LogP contribution in [0.2, 0.25) is 0 Å². The molecule has 1 aliphatic rings. The third-order valence-corrected chi connectivity index (χ3v) is 5.54. The number of aryl methyl sites for hydroxylation is 1. The topological polar surface area (TPSA) is 76.3 Å². The van der Waals surface area contributed by atoms with Crippen molar-refractivity contribution < 1.29 is 4.79 Å². The van der Waals surface area contributed by atoms with Gasteiger partial charge in [-0.05, 0) is 61.7 Å². The third-order valence-electron chi connectivity index (χ3n) is 5.54. The van der Waals surface area contributed by atoms with Crippen molar-refractivity contribution >= 4 is 11.6 Å². The van der Waals surface area contributed by atoms with Crippen LogP contribution in [-0.2, 0) is 0 Å². The number of rotatable bonds is 3. The fraction of sp³-hybridized carbons (Fsp3) is 0.261. The Morgan fingerprint density at radius 1 is 1.03 bits per heavy atom. The van der Waals surface area contributed by atoms with Crippen molar-refractivity contribution in [3.8, 4) is 11.1 Å². The molecule has 0 radical (unpaired) electrons. The van der Waals surface area contributed by atoms with Crippen LogP contribution in [0.4, 0.5) is 0 Å². The first-order chi connectivity index (χ1) is 14.7. The molecule has 0 bridgehead atoms. The van der Waals surface area contributed by atoms with E-state index in [1.165, 1.54) is 0 Å². The quantitative estimate of drug-likeness (QED) is 0.528. The molecule has 1 aliphatic heterocycles. The van der Waals surface area contributed by atoms with E-state index in [4.69, 9.17) is 10.1 Å². The maximum atomic E-state index is 12.9. The molecule has 1 fully saturated rings. The molecule has 1 atom stereocenters. The van der Waals surface area contributed by atoms with Gasteiger partial charge >= 0.3 is 0 Å². The predicted octanol–water partition coefficient (Wildman–Crippen LogP) is 3.51. The Labute approximate surface area is 174 Å². The molecule has 0 spiro atoms. The summed E-state index contributed by atoms with van der Waals surface area (Å²) in [6.07, 6.45) is 7.45. The van der Waals surface area contributed by atoms with Crippen molar-refractivity contribution in [2.24, 2.45) is 0 Å². The lowest BCUT2D eigenvalue weighted by Crippen LogP contribution is -2.39. The number of pyridine rings is 3. The van der Waals surface area contributed by atoms with Gasteiger partial charge in [0.25, 0.3) is 5.91 Å². The summed E-state index contributed by atoms with van der Waals surface area (Å²) in [6.45, 7) is 3.25. The van der Waals surface area contributed by atoms with E-state index < -0.39 is 0 Å². The number of hydrogen-bond acceptors (Lipinski definition) is 5. The van der Waals surface area contributed by atoms with Crippen LogP contribution in [0.5, 0.6) is 0 Å². The standard InChI is InChI=1S/C23H22N6O/c1-16-4-2-6-20(25-16)23(30)28-13-3-5-19(14-28)22-26-21-8-7-18(15-29(21)27-22)17-9-11-24-12-10-17/h2,4,6-12,15,19H,3,5,13-14H2,1H3/t19-/m1/s1. The van der Waals surface area contributed by atoms with Crippen molar-refractivity contribution in [3.63, 3.8) is 0 Å². The average Bonchev–Trinajstić information content (AvgIpc) is 3.23. The van der Waals surface area contributed by atoms with E-state index in [9.17, 15) is 4.79 Å². The number of amides is 1. The highest BCUT2D eigenvalue weighted by Crippen LogP contribution is 2.27. The number of nitrogens with zero attached hydrogens (tertiary/aromatic N) is 6. The van der Waals surface area contributed by atoms with Crippen LogP contribution in [0.3, 0.4) is 0 Å². The molecular weight excluding hydrogens is 376 g/mol. The van der Waals surface area contributed by atoms with Gasteiger partial charge in [-0.1, -0.05) is 6.07 Å². The van der Waals surface area contributed by atoms with E-state index in [1.807, 2.05) is 58.9 Å². The average molecular weight is 398 g/mol. The minimum Gasteiger partial charge on any atom is -0.337 e. The Kier molecular flexibility index (Phi) is 4.71. The van der Waals surface area contributed by atoms with E-state index in [-0.39, 0.29) is 11.8 Å². The molecule has 30 heavy (non-hydrogen) atoms. The molecule has 0 aliphatic carbocycles. The van der Waals surface area contributed by atoms with Crippen molar-refractivity contribution in [2.45, 2.75) is 25.7 Å². The maximum absolute atomic E-state index is 12.9. The SMILES string of the molecule is Cc1cccc(C(=O)N2CCC[C@@H](c3nc4ccc(-c5ccncc5)cn4n3)C2)n1. The highest BCUT2D eigenvalue weighted by molar-refractivity contribution is 5.92. The number of hydrogen-bond donors (Lipinski definition) is 0. The summed E-state index contributed by atoms with van der Waals surface area (Å²) in [5, 5.41) is 4.74. The van der Waals surface area contributed by atoms with Crippen LogP contribution in [0.15, 0.2) is 61.1 Å². The smallest absolute Gasteiger partial charge is 0.272 e. The Morgan fingerprint density at radius 2 is 1.90 bits per heavy atom. The Hall–Kier alpha value is -3.61. The summed E-state index contributed by atoms with van der Waals surface area (Å²) < 4.78 is 1.83. The summed E-state index contributed by atoms with van der Waals surface area (Å²) >= 11 is 0. The lowest BCUT2D eigenvalue weighted by Gasteiger charge is -2.31. The number of fused-ring (bicyclic) bond motifs is 1. The second kappa shape index (κ2) is 7.67. The Bertz CT molecular complexity index is 1200. The Balaban J connectivity index is 1.39. The monoisotopic (exact) mass is 398 g/mol. The fourth-order valence-corrected chi connectivity index (χ4v) is 3.98. The molecule has 0 N–H and O–H groups in total. The zero-order chi connectivity index (χ0) is 20.5. The van der Waals surface area contributed by atoms with Crippen LogP contribution in [0, 0.1) is 6.92 Å². The summed E-state index contributed by atoms with van der Waals surface area (Å²) in [5.74, 6) is 0.889. The molecule has 1 amide bonds. The summed E-state index contributed by atoms with van der Waals surface area (Å²) in [6, 6.07) is 13.5. The molecule has 4 aromatic rings. The minimum absolute atomic E-state index is 0.0212. The van der Waals surface area contributed by atoms with Gasteiger partial charge in [-0.3, -0.25) is 9.78 Å². The van der Waals surface area contributed by atoms with Gasteiger partial charge in [0.05, 0.1) is 0 Å². The van der Waals surface area contributed by atoms with Crippen molar-refractivity contribution in [3.05, 3.63) is 78.3 Å². The van der Waals surface area contributed by atoms with E-state index in [1.54, 1.807) is 18.5 Å². The van der Waals surface area contributed by atoms with Crippen molar-refractivity contribution in [1.29, 1.82) is 0 Å². The largest absolute Gasteiger partial charge is 0.337 e. The van der Waals surface area contributed by atoms with Crippen molar-refractivity contribution in [1.82, 2.24) is 29.5 Å². The first kappa shape index (κ1) is 18.4. The van der Waals surface area contributed by atoms with Gasteiger partial charge in [0.15, 0.2) is 11.5 Å². The van der Waals surface area contributed by atoms with Gasteiger partial charge in [0, 0.05) is 48.9 Å². The van der Waals surface area contributed by atoms with Gasteiger partial charge in [-0.15, -0.1) is 0 Å². The lowest BCUT2D eigenvalue weighted by atomic mass is 9.97. The van der Waals surface area contributed by atoms with Crippen LogP contribution < -0.4 is 0 Å². The predicted molar refractivity (Wildman–Crippen MR) is 113 cm³/mol. The summed E-state index contributed by atoms with van der Waals surface area (Å²) in [4.78, 5) is 28.0. The molecule has 0 unspecified atom stereocenters. The molecule has 7 nitrogen and oxygen atoms in total. The lowest BCUT2D eigenvalue weighted by molar-refractivity contribution is 0.0698. The zero-order valence-corrected chi connectivity index (χ0v) is 16.8. The second-order valence-corrected chi connectivity index (χ2v) is 7.68. The molecule has 0 aromatic carbocycles. The molecule has 150 valence electrons. The van der Waals surface area contributed by atoms with Gasteiger partial charge < -0.3 is 4.90 Å². The van der Waals surface area contributed by atoms with Crippen LogP contribution in [0.25, 0.3) is 16.8 Å². The van der Waals surface area contributed by atoms with Gasteiger partial charge in [0.1, 0.15) is 5.69 Å². The Morgan fingerprint density at radius 3 is 2.73 bits per heavy atom. The molecule has 7 heteroatoms. The van der Waals surface area contributed by atoms with E-state index in [0.29, 0.717) is 12.2 Å². The van der Waals surface area contributed by atoms with E-state index in [0.717, 1.165) is 47.7 Å². The van der Waals surface area contributed by atoms with Gasteiger partial charge in [-0.2, -0.15) is 5.10 Å². The van der Waals surface area contributed by atoms with E-state index in [2.05, 4.69) is 9.97 Å². The normalized spacial score (nSPS) is 16.7. The zero-order valence-electron chi connectivity index (χ0n) is 16.8. The number of aromatic nitrogens is 5. The van der Waals surface area contributed by atoms with Crippen molar-refractivity contribution in [2.75, 3.05) is 13.1 Å². The number of piperidine rings is 1. The molecule has 0 saturated carbocycles. The maximum Gasteiger partial charge on any atom is 0.272 e. The molecule has 5 rings (SSSR count). The van der Waals surface area contributed by atoms with Crippen LogP contribution >= 0.6 is 0 Å². The second-order valence-electron chi connectivity index (χ2n) is 7.68. The van der Waals surface area contributed by atoms with Gasteiger partial charge in [0.2, 0.25) is 0 Å². The molecule has 5 heterocycles.